The van der Waals surface area contributed by atoms with E-state index in [4.69, 9.17) is 0 Å². The molecule has 2 saturated carbocycles. The van der Waals surface area contributed by atoms with Gasteiger partial charge in [-0.2, -0.15) is 0 Å². The van der Waals surface area contributed by atoms with E-state index in [1.54, 1.807) is 0 Å². The van der Waals surface area contributed by atoms with E-state index in [-0.39, 0.29) is 0 Å². The first-order chi connectivity index (χ1) is 15.0. The molecular formula is C31H58. The minimum absolute atomic E-state index is 0.914. The summed E-state index contributed by atoms with van der Waals surface area (Å²) in [6.07, 6.45) is 23.6. The number of rotatable bonds is 12. The smallest absolute Gasteiger partial charge is 0.0286 e. The maximum atomic E-state index is 4.44. The molecule has 0 amide bonds. The quantitative estimate of drug-likeness (QED) is 0.213. The maximum Gasteiger partial charge on any atom is -0.0286 e. The fourth-order valence-corrected chi connectivity index (χ4v) is 6.50. The van der Waals surface area contributed by atoms with E-state index in [0.29, 0.717) is 0 Å². The fourth-order valence-electron chi connectivity index (χ4n) is 6.50. The lowest BCUT2D eigenvalue weighted by atomic mass is 9.74. The van der Waals surface area contributed by atoms with Gasteiger partial charge in [-0.25, -0.2) is 0 Å². The molecule has 0 saturated heterocycles. The van der Waals surface area contributed by atoms with Gasteiger partial charge in [-0.3, -0.25) is 0 Å². The average Bonchev–Trinajstić information content (AvgIpc) is 2.98. The van der Waals surface area contributed by atoms with Gasteiger partial charge in [-0.05, 0) is 68.1 Å². The molecule has 0 radical (unpaired) electrons. The van der Waals surface area contributed by atoms with Crippen LogP contribution in [0.15, 0.2) is 24.3 Å². The molecule has 5 unspecified atom stereocenters. The fraction of sp³-hybridized carbons (Fsp3) is 0.871. The van der Waals surface area contributed by atoms with Gasteiger partial charge in [0, 0.05) is 0 Å². The highest BCUT2D eigenvalue weighted by atomic mass is 14.3. The van der Waals surface area contributed by atoms with Crippen molar-refractivity contribution in [3.05, 3.63) is 24.3 Å². The monoisotopic (exact) mass is 430 g/mol. The Bertz CT molecular complexity index is 470. The summed E-state index contributed by atoms with van der Waals surface area (Å²) in [5.41, 5.74) is 2.97. The van der Waals surface area contributed by atoms with E-state index in [2.05, 4.69) is 33.9 Å². The first kappa shape index (κ1) is 28.5. The van der Waals surface area contributed by atoms with Crippen LogP contribution in [0, 0.1) is 29.6 Å². The Balaban J connectivity index is 0.00000233. The van der Waals surface area contributed by atoms with Crippen molar-refractivity contribution in [2.75, 3.05) is 0 Å². The first-order valence-electron chi connectivity index (χ1n) is 14.4. The van der Waals surface area contributed by atoms with E-state index in [9.17, 15) is 0 Å². The summed E-state index contributed by atoms with van der Waals surface area (Å²) in [5.74, 6) is 4.80. The normalized spacial score (nSPS) is 28.9. The lowest BCUT2D eigenvalue weighted by molar-refractivity contribution is 0.210. The molecule has 0 heterocycles. The second-order valence-corrected chi connectivity index (χ2v) is 10.7. The summed E-state index contributed by atoms with van der Waals surface area (Å²) in [5, 5.41) is 0. The molecule has 0 spiro atoms. The van der Waals surface area contributed by atoms with Gasteiger partial charge in [0.05, 0.1) is 0 Å². The van der Waals surface area contributed by atoms with Gasteiger partial charge < -0.3 is 0 Å². The zero-order valence-corrected chi connectivity index (χ0v) is 22.3. The highest BCUT2D eigenvalue weighted by molar-refractivity contribution is 5.03. The Hall–Kier alpha value is -0.520. The average molecular weight is 431 g/mol. The Kier molecular flexibility index (Phi) is 15.7. The van der Waals surface area contributed by atoms with Gasteiger partial charge in [-0.15, -0.1) is 0 Å². The summed E-state index contributed by atoms with van der Waals surface area (Å²) >= 11 is 0. The van der Waals surface area contributed by atoms with Crippen molar-refractivity contribution in [2.45, 2.75) is 144 Å². The van der Waals surface area contributed by atoms with E-state index in [1.807, 2.05) is 13.8 Å². The lowest BCUT2D eigenvalue weighted by Gasteiger charge is -2.31. The predicted molar refractivity (Wildman–Crippen MR) is 143 cm³/mol. The van der Waals surface area contributed by atoms with Gasteiger partial charge in [-0.1, -0.05) is 130 Å². The largest absolute Gasteiger partial charge is 0.0999 e. The zero-order valence-electron chi connectivity index (χ0n) is 22.3. The van der Waals surface area contributed by atoms with Crippen LogP contribution < -0.4 is 0 Å². The maximum absolute atomic E-state index is 4.44. The highest BCUT2D eigenvalue weighted by Crippen LogP contribution is 2.39. The van der Waals surface area contributed by atoms with Crippen molar-refractivity contribution in [3.8, 4) is 0 Å². The van der Waals surface area contributed by atoms with Gasteiger partial charge in [0.15, 0.2) is 0 Å². The third-order valence-electron chi connectivity index (χ3n) is 8.71. The van der Waals surface area contributed by atoms with Crippen LogP contribution in [0.2, 0.25) is 0 Å². The molecule has 2 rings (SSSR count). The summed E-state index contributed by atoms with van der Waals surface area (Å²) in [6, 6.07) is 0. The molecule has 0 nitrogen and oxygen atoms in total. The van der Waals surface area contributed by atoms with E-state index in [1.165, 1.54) is 120 Å². The first-order valence-corrected chi connectivity index (χ1v) is 14.4. The third kappa shape index (κ3) is 10.8. The second kappa shape index (κ2) is 17.0. The van der Waals surface area contributed by atoms with E-state index in [0.717, 1.165) is 29.6 Å². The Morgan fingerprint density at radius 2 is 1.03 bits per heavy atom. The molecule has 5 atom stereocenters. The topological polar surface area (TPSA) is 0 Å². The molecule has 0 aromatic carbocycles. The molecule has 0 heteroatoms. The van der Waals surface area contributed by atoms with E-state index >= 15 is 0 Å². The van der Waals surface area contributed by atoms with Crippen molar-refractivity contribution in [1.82, 2.24) is 0 Å². The molecule has 0 aromatic heterocycles. The summed E-state index contributed by atoms with van der Waals surface area (Å²) in [7, 11) is 0. The zero-order chi connectivity index (χ0) is 23.1. The molecule has 0 aliphatic heterocycles. The second-order valence-electron chi connectivity index (χ2n) is 10.7. The Morgan fingerprint density at radius 1 is 0.613 bits per heavy atom. The van der Waals surface area contributed by atoms with Gasteiger partial charge in [0.25, 0.3) is 0 Å². The van der Waals surface area contributed by atoms with Gasteiger partial charge in [0.1, 0.15) is 0 Å². The minimum atomic E-state index is 0.914. The van der Waals surface area contributed by atoms with Gasteiger partial charge >= 0.3 is 0 Å². The minimum Gasteiger partial charge on any atom is -0.0999 e. The third-order valence-corrected chi connectivity index (χ3v) is 8.71. The molecular weight excluding hydrogens is 372 g/mol. The summed E-state index contributed by atoms with van der Waals surface area (Å²) in [6.45, 7) is 20.2. The van der Waals surface area contributed by atoms with Crippen LogP contribution in [-0.2, 0) is 0 Å². The molecule has 2 aliphatic carbocycles. The van der Waals surface area contributed by atoms with Crippen LogP contribution in [0.1, 0.15) is 144 Å². The molecule has 2 fully saturated rings. The molecule has 182 valence electrons. The Morgan fingerprint density at radius 3 is 1.52 bits per heavy atom. The molecule has 0 N–H and O–H groups in total. The summed E-state index contributed by atoms with van der Waals surface area (Å²) < 4.78 is 0. The van der Waals surface area contributed by atoms with Crippen LogP contribution in [0.4, 0.5) is 0 Å². The molecule has 2 aliphatic rings. The van der Waals surface area contributed by atoms with Crippen molar-refractivity contribution in [1.29, 1.82) is 0 Å². The lowest BCUT2D eigenvalue weighted by Crippen LogP contribution is -2.19. The molecule has 31 heavy (non-hydrogen) atoms. The van der Waals surface area contributed by atoms with Crippen molar-refractivity contribution < 1.29 is 0 Å². The number of hydrogen-bond donors (Lipinski definition) is 0. The highest BCUT2D eigenvalue weighted by Gasteiger charge is 2.27. The van der Waals surface area contributed by atoms with E-state index < -0.39 is 0 Å². The van der Waals surface area contributed by atoms with Crippen molar-refractivity contribution in [3.63, 3.8) is 0 Å². The number of hydrogen-bond acceptors (Lipinski definition) is 0. The van der Waals surface area contributed by atoms with Gasteiger partial charge in [0.2, 0.25) is 0 Å². The number of allylic oxidation sites excluding steroid dienone is 2. The summed E-state index contributed by atoms with van der Waals surface area (Å²) in [4.78, 5) is 0. The molecule has 0 aromatic rings. The van der Waals surface area contributed by atoms with Crippen LogP contribution in [0.25, 0.3) is 0 Å². The molecule has 0 bridgehead atoms. The Labute approximate surface area is 197 Å². The van der Waals surface area contributed by atoms with Crippen LogP contribution in [0.5, 0.6) is 0 Å². The standard InChI is InChI=1S/C29H52.C2H6/c1-6-12-28-15-10-11-16-29(28)22-20-24(4)18-17-23(3)19-21-27-14-9-8-13-26(7-2)25(27)5;1-2/h25-29H,3-4,6-22H2,1-2,5H3;1-2H3. The van der Waals surface area contributed by atoms with Crippen LogP contribution in [0.3, 0.4) is 0 Å². The predicted octanol–water partition coefficient (Wildman–Crippen LogP) is 10.9. The van der Waals surface area contributed by atoms with Crippen LogP contribution in [-0.4, -0.2) is 0 Å². The SMILES string of the molecule is C=C(CCC(=C)CCC1CCCCC(CC)C1C)CCC1CCCCC1CCC.CC. The van der Waals surface area contributed by atoms with Crippen molar-refractivity contribution in [2.24, 2.45) is 29.6 Å². The van der Waals surface area contributed by atoms with Crippen LogP contribution >= 0.6 is 0 Å². The van der Waals surface area contributed by atoms with Crippen molar-refractivity contribution >= 4 is 0 Å².